The number of rotatable bonds is 3. The molecular weight excluding hydrogens is 190 g/mol. The van der Waals surface area contributed by atoms with Crippen molar-refractivity contribution in [3.8, 4) is 0 Å². The molecule has 0 radical (unpaired) electrons. The number of hydrogen-bond acceptors (Lipinski definition) is 3. The van der Waals surface area contributed by atoms with Crippen LogP contribution < -0.4 is 0 Å². The van der Waals surface area contributed by atoms with Crippen LogP contribution >= 0.6 is 0 Å². The summed E-state index contributed by atoms with van der Waals surface area (Å²) in [5.74, 6) is 0. The summed E-state index contributed by atoms with van der Waals surface area (Å²) in [6.45, 7) is 4.94. The highest BCUT2D eigenvalue weighted by Gasteiger charge is 2.07. The van der Waals surface area contributed by atoms with Crippen molar-refractivity contribution in [3.63, 3.8) is 0 Å². The molecule has 0 aliphatic rings. The molecule has 15 heavy (non-hydrogen) atoms. The lowest BCUT2D eigenvalue weighted by molar-refractivity contribution is 0.111. The number of aromatic nitrogens is 3. The van der Waals surface area contributed by atoms with Gasteiger partial charge in [0.2, 0.25) is 0 Å². The van der Waals surface area contributed by atoms with Gasteiger partial charge in [-0.25, -0.2) is 0 Å². The van der Waals surface area contributed by atoms with Crippen LogP contribution in [0.3, 0.4) is 0 Å². The topological polar surface area (TPSA) is 47.8 Å². The molecule has 2 aromatic rings. The Labute approximate surface area is 87.9 Å². The molecule has 2 aromatic heterocycles. The molecular formula is C11H13N3O. The Bertz CT molecular complexity index is 502. The predicted octanol–water partition coefficient (Wildman–Crippen LogP) is 1.96. The molecule has 0 unspecified atom stereocenters. The number of carbonyl (C=O) groups excluding carboxylic acids is 1. The third-order valence-corrected chi connectivity index (χ3v) is 2.40. The molecule has 4 heteroatoms. The van der Waals surface area contributed by atoms with Crippen LogP contribution in [0.25, 0.3) is 10.9 Å². The Morgan fingerprint density at radius 1 is 1.53 bits per heavy atom. The average molecular weight is 203 g/mol. The molecule has 0 fully saturated rings. The Kier molecular flexibility index (Phi) is 2.49. The lowest BCUT2D eigenvalue weighted by atomic mass is 10.2. The van der Waals surface area contributed by atoms with Crippen molar-refractivity contribution >= 4 is 17.2 Å². The Balaban J connectivity index is 2.63. The normalized spacial score (nSPS) is 10.8. The quantitative estimate of drug-likeness (QED) is 0.716. The van der Waals surface area contributed by atoms with E-state index in [0.717, 1.165) is 35.8 Å². The van der Waals surface area contributed by atoms with Crippen LogP contribution in [-0.4, -0.2) is 21.1 Å². The second kappa shape index (κ2) is 3.81. The van der Waals surface area contributed by atoms with Crippen LogP contribution in [0.4, 0.5) is 0 Å². The van der Waals surface area contributed by atoms with Gasteiger partial charge in [0.1, 0.15) is 5.69 Å². The first-order valence-electron chi connectivity index (χ1n) is 5.04. The fourth-order valence-electron chi connectivity index (χ4n) is 1.70. The van der Waals surface area contributed by atoms with E-state index in [0.29, 0.717) is 5.69 Å². The van der Waals surface area contributed by atoms with Crippen LogP contribution in [0, 0.1) is 6.92 Å². The summed E-state index contributed by atoms with van der Waals surface area (Å²) in [6, 6.07) is 1.79. The third kappa shape index (κ3) is 1.63. The molecule has 0 aliphatic carbocycles. The maximum absolute atomic E-state index is 10.6. The molecule has 78 valence electrons. The minimum Gasteiger partial charge on any atom is -0.296 e. The molecule has 0 atom stereocenters. The Morgan fingerprint density at radius 2 is 2.33 bits per heavy atom. The van der Waals surface area contributed by atoms with E-state index in [2.05, 4.69) is 17.0 Å². The molecule has 0 saturated carbocycles. The van der Waals surface area contributed by atoms with Gasteiger partial charge in [-0.3, -0.25) is 14.5 Å². The predicted molar refractivity (Wildman–Crippen MR) is 57.9 cm³/mol. The van der Waals surface area contributed by atoms with Crippen molar-refractivity contribution in [3.05, 3.63) is 23.7 Å². The molecule has 0 N–H and O–H groups in total. The molecule has 0 spiro atoms. The molecule has 2 rings (SSSR count). The highest BCUT2D eigenvalue weighted by atomic mass is 16.1. The van der Waals surface area contributed by atoms with Gasteiger partial charge in [-0.05, 0) is 19.4 Å². The van der Waals surface area contributed by atoms with Crippen molar-refractivity contribution in [2.24, 2.45) is 0 Å². The molecule has 0 bridgehead atoms. The zero-order chi connectivity index (χ0) is 10.8. The van der Waals surface area contributed by atoms with Crippen LogP contribution in [-0.2, 0) is 6.54 Å². The van der Waals surface area contributed by atoms with Crippen molar-refractivity contribution in [2.75, 3.05) is 0 Å². The number of carbonyl (C=O) groups is 1. The van der Waals surface area contributed by atoms with Gasteiger partial charge in [0.05, 0.1) is 17.4 Å². The SMILES string of the molecule is CCCn1nc(C)c2cc(C=O)ncc21. The van der Waals surface area contributed by atoms with Gasteiger partial charge in [0.15, 0.2) is 6.29 Å². The molecule has 0 aliphatic heterocycles. The van der Waals surface area contributed by atoms with Gasteiger partial charge < -0.3 is 0 Å². The minimum absolute atomic E-state index is 0.460. The van der Waals surface area contributed by atoms with E-state index in [1.165, 1.54) is 0 Å². The summed E-state index contributed by atoms with van der Waals surface area (Å²) in [5, 5.41) is 5.43. The Morgan fingerprint density at radius 3 is 3.00 bits per heavy atom. The van der Waals surface area contributed by atoms with Gasteiger partial charge >= 0.3 is 0 Å². The van der Waals surface area contributed by atoms with E-state index in [1.807, 2.05) is 11.6 Å². The minimum atomic E-state index is 0.460. The molecule has 0 amide bonds. The highest BCUT2D eigenvalue weighted by Crippen LogP contribution is 2.17. The standard InChI is InChI=1S/C11H13N3O/c1-3-4-14-11-6-12-9(7-15)5-10(11)8(2)13-14/h5-7H,3-4H2,1-2H3. The lowest BCUT2D eigenvalue weighted by Crippen LogP contribution is -1.99. The lowest BCUT2D eigenvalue weighted by Gasteiger charge is -1.99. The summed E-state index contributed by atoms with van der Waals surface area (Å²) in [6.07, 6.45) is 3.51. The smallest absolute Gasteiger partial charge is 0.168 e. The van der Waals surface area contributed by atoms with E-state index < -0.39 is 0 Å². The van der Waals surface area contributed by atoms with Crippen molar-refractivity contribution in [2.45, 2.75) is 26.8 Å². The average Bonchev–Trinajstić information content (AvgIpc) is 2.56. The van der Waals surface area contributed by atoms with Gasteiger partial charge in [-0.15, -0.1) is 0 Å². The summed E-state index contributed by atoms with van der Waals surface area (Å²) >= 11 is 0. The van der Waals surface area contributed by atoms with E-state index in [4.69, 9.17) is 0 Å². The van der Waals surface area contributed by atoms with Crippen LogP contribution in [0.2, 0.25) is 0 Å². The summed E-state index contributed by atoms with van der Waals surface area (Å²) in [7, 11) is 0. The highest BCUT2D eigenvalue weighted by molar-refractivity contribution is 5.86. The molecule has 0 aromatic carbocycles. The monoisotopic (exact) mass is 203 g/mol. The zero-order valence-electron chi connectivity index (χ0n) is 8.90. The summed E-state index contributed by atoms with van der Waals surface area (Å²) in [5.41, 5.74) is 2.41. The number of nitrogens with zero attached hydrogens (tertiary/aromatic N) is 3. The van der Waals surface area contributed by atoms with Gasteiger partial charge in [0, 0.05) is 11.9 Å². The zero-order valence-corrected chi connectivity index (χ0v) is 8.90. The number of hydrogen-bond donors (Lipinski definition) is 0. The first kappa shape index (κ1) is 9.83. The molecule has 2 heterocycles. The van der Waals surface area contributed by atoms with Crippen LogP contribution in [0.5, 0.6) is 0 Å². The van der Waals surface area contributed by atoms with E-state index in [-0.39, 0.29) is 0 Å². The Hall–Kier alpha value is -1.71. The van der Waals surface area contributed by atoms with E-state index in [1.54, 1.807) is 12.3 Å². The van der Waals surface area contributed by atoms with Gasteiger partial charge in [-0.2, -0.15) is 5.10 Å². The molecule has 4 nitrogen and oxygen atoms in total. The second-order valence-corrected chi connectivity index (χ2v) is 3.55. The number of pyridine rings is 1. The van der Waals surface area contributed by atoms with Gasteiger partial charge in [0.25, 0.3) is 0 Å². The van der Waals surface area contributed by atoms with Crippen molar-refractivity contribution < 1.29 is 4.79 Å². The third-order valence-electron chi connectivity index (χ3n) is 2.40. The maximum Gasteiger partial charge on any atom is 0.168 e. The largest absolute Gasteiger partial charge is 0.296 e. The van der Waals surface area contributed by atoms with Crippen molar-refractivity contribution in [1.82, 2.24) is 14.8 Å². The number of aryl methyl sites for hydroxylation is 2. The number of aldehydes is 1. The summed E-state index contributed by atoms with van der Waals surface area (Å²) < 4.78 is 1.94. The maximum atomic E-state index is 10.6. The van der Waals surface area contributed by atoms with Crippen molar-refractivity contribution in [1.29, 1.82) is 0 Å². The first-order valence-corrected chi connectivity index (χ1v) is 5.04. The first-order chi connectivity index (χ1) is 7.26. The summed E-state index contributed by atoms with van der Waals surface area (Å²) in [4.78, 5) is 14.7. The fourth-order valence-corrected chi connectivity index (χ4v) is 1.70. The van der Waals surface area contributed by atoms with Gasteiger partial charge in [-0.1, -0.05) is 6.92 Å². The second-order valence-electron chi connectivity index (χ2n) is 3.55. The van der Waals surface area contributed by atoms with E-state index in [9.17, 15) is 4.79 Å². The molecule has 0 saturated heterocycles. The fraction of sp³-hybridized carbons (Fsp3) is 0.364. The van der Waals surface area contributed by atoms with Crippen LogP contribution in [0.1, 0.15) is 29.5 Å². The van der Waals surface area contributed by atoms with Crippen LogP contribution in [0.15, 0.2) is 12.3 Å². The number of fused-ring (bicyclic) bond motifs is 1. The van der Waals surface area contributed by atoms with E-state index >= 15 is 0 Å².